The maximum atomic E-state index is 10.1. The van der Waals surface area contributed by atoms with Crippen LogP contribution in [-0.2, 0) is 19.5 Å². The van der Waals surface area contributed by atoms with Crippen molar-refractivity contribution in [1.29, 1.82) is 0 Å². The molecular weight excluding hydrogens is 266 g/mol. The Labute approximate surface area is 125 Å². The summed E-state index contributed by atoms with van der Waals surface area (Å²) in [6.07, 6.45) is 5.04. The zero-order valence-electron chi connectivity index (χ0n) is 12.4. The second kappa shape index (κ2) is 7.81. The van der Waals surface area contributed by atoms with Crippen molar-refractivity contribution >= 4 is 0 Å². The first-order valence-electron chi connectivity index (χ1n) is 7.32. The third-order valence-electron chi connectivity index (χ3n) is 3.26. The maximum Gasteiger partial charge on any atom is 0.119 e. The van der Waals surface area contributed by atoms with Crippen molar-refractivity contribution in [3.8, 4) is 5.75 Å². The first-order valence-corrected chi connectivity index (χ1v) is 7.32. The molecule has 1 heterocycles. The molecule has 0 radical (unpaired) electrons. The normalized spacial score (nSPS) is 12.3. The summed E-state index contributed by atoms with van der Waals surface area (Å²) in [6, 6.07) is 7.61. The van der Waals surface area contributed by atoms with Crippen LogP contribution in [0.2, 0.25) is 0 Å². The number of aryl methyl sites for hydroxylation is 1. The Balaban J connectivity index is 1.86. The number of aliphatic hydroxyl groups is 1. The Kier molecular flexibility index (Phi) is 5.78. The minimum Gasteiger partial charge on any atom is -0.491 e. The summed E-state index contributed by atoms with van der Waals surface area (Å²) in [7, 11) is 0. The van der Waals surface area contributed by atoms with Crippen molar-refractivity contribution < 1.29 is 9.84 Å². The Bertz CT molecular complexity index is 554. The van der Waals surface area contributed by atoms with Gasteiger partial charge in [-0.05, 0) is 24.1 Å². The minimum absolute atomic E-state index is 0.248. The quantitative estimate of drug-likeness (QED) is 0.776. The zero-order chi connectivity index (χ0) is 15.1. The average molecular weight is 289 g/mol. The number of imidazole rings is 1. The monoisotopic (exact) mass is 289 g/mol. The van der Waals surface area contributed by atoms with Gasteiger partial charge in [-0.2, -0.15) is 0 Å². The molecule has 0 spiro atoms. The third kappa shape index (κ3) is 4.58. The summed E-state index contributed by atoms with van der Waals surface area (Å²) in [5.41, 5.74) is 6.61. The number of benzene rings is 1. The summed E-state index contributed by atoms with van der Waals surface area (Å²) >= 11 is 0. The van der Waals surface area contributed by atoms with Gasteiger partial charge in [0.15, 0.2) is 0 Å². The van der Waals surface area contributed by atoms with Crippen LogP contribution in [0.15, 0.2) is 36.7 Å². The molecule has 5 nitrogen and oxygen atoms in total. The van der Waals surface area contributed by atoms with Gasteiger partial charge in [-0.15, -0.1) is 0 Å². The number of aromatic nitrogens is 2. The minimum atomic E-state index is -0.573. The van der Waals surface area contributed by atoms with Gasteiger partial charge in [0.2, 0.25) is 0 Å². The molecule has 114 valence electrons. The summed E-state index contributed by atoms with van der Waals surface area (Å²) < 4.78 is 7.60. The highest BCUT2D eigenvalue weighted by Crippen LogP contribution is 2.13. The van der Waals surface area contributed by atoms with E-state index in [1.54, 1.807) is 6.20 Å². The molecule has 0 bridgehead atoms. The molecule has 0 aliphatic carbocycles. The van der Waals surface area contributed by atoms with Crippen LogP contribution in [0, 0.1) is 0 Å². The summed E-state index contributed by atoms with van der Waals surface area (Å²) in [5.74, 6) is 1.73. The van der Waals surface area contributed by atoms with Crippen molar-refractivity contribution in [1.82, 2.24) is 9.55 Å². The maximum absolute atomic E-state index is 10.1. The molecule has 1 aromatic heterocycles. The number of hydrogen-bond donors (Lipinski definition) is 2. The third-order valence-corrected chi connectivity index (χ3v) is 3.26. The molecule has 0 amide bonds. The first kappa shape index (κ1) is 15.5. The molecule has 0 saturated heterocycles. The van der Waals surface area contributed by atoms with E-state index in [1.165, 1.54) is 0 Å². The molecule has 0 aliphatic heterocycles. The molecule has 1 atom stereocenters. The Morgan fingerprint density at radius 1 is 1.43 bits per heavy atom. The number of aliphatic hydroxyl groups excluding tert-OH is 1. The Hall–Kier alpha value is -1.85. The van der Waals surface area contributed by atoms with E-state index in [4.69, 9.17) is 10.5 Å². The van der Waals surface area contributed by atoms with Gasteiger partial charge in [0.1, 0.15) is 24.3 Å². The summed E-state index contributed by atoms with van der Waals surface area (Å²) in [6.45, 7) is 3.34. The average Bonchev–Trinajstić information content (AvgIpc) is 2.93. The van der Waals surface area contributed by atoms with E-state index in [0.717, 1.165) is 30.0 Å². The lowest BCUT2D eigenvalue weighted by atomic mass is 10.2. The fourth-order valence-corrected chi connectivity index (χ4v) is 2.19. The largest absolute Gasteiger partial charge is 0.491 e. The van der Waals surface area contributed by atoms with Crippen LogP contribution in [0.5, 0.6) is 5.75 Å². The number of nitrogens with zero attached hydrogens (tertiary/aromatic N) is 2. The lowest BCUT2D eigenvalue weighted by molar-refractivity contribution is 0.0917. The highest BCUT2D eigenvalue weighted by molar-refractivity contribution is 5.28. The molecule has 2 aromatic rings. The molecule has 0 aliphatic rings. The van der Waals surface area contributed by atoms with Crippen molar-refractivity contribution in [3.63, 3.8) is 0 Å². The number of ether oxygens (including phenoxy) is 1. The topological polar surface area (TPSA) is 73.3 Å². The van der Waals surface area contributed by atoms with Crippen LogP contribution in [0.3, 0.4) is 0 Å². The number of rotatable bonds is 8. The lowest BCUT2D eigenvalue weighted by Crippen LogP contribution is -2.24. The van der Waals surface area contributed by atoms with Crippen LogP contribution in [0.4, 0.5) is 0 Å². The second-order valence-electron chi connectivity index (χ2n) is 5.06. The number of hydrogen-bond acceptors (Lipinski definition) is 4. The van der Waals surface area contributed by atoms with Crippen LogP contribution >= 0.6 is 0 Å². The van der Waals surface area contributed by atoms with E-state index in [1.807, 2.05) is 35.0 Å². The van der Waals surface area contributed by atoms with E-state index >= 15 is 0 Å². The van der Waals surface area contributed by atoms with Gasteiger partial charge in [-0.25, -0.2) is 4.98 Å². The van der Waals surface area contributed by atoms with Gasteiger partial charge in [0.25, 0.3) is 0 Å². The van der Waals surface area contributed by atoms with Gasteiger partial charge in [0, 0.05) is 25.4 Å². The van der Waals surface area contributed by atoms with Crippen molar-refractivity contribution in [2.24, 2.45) is 5.73 Å². The van der Waals surface area contributed by atoms with E-state index in [-0.39, 0.29) is 6.61 Å². The second-order valence-corrected chi connectivity index (χ2v) is 5.06. The highest BCUT2D eigenvalue weighted by atomic mass is 16.5. The van der Waals surface area contributed by atoms with Crippen LogP contribution in [-0.4, -0.2) is 27.4 Å². The van der Waals surface area contributed by atoms with E-state index < -0.39 is 6.10 Å². The van der Waals surface area contributed by atoms with Crippen molar-refractivity contribution in [2.75, 3.05) is 6.61 Å². The highest BCUT2D eigenvalue weighted by Gasteiger charge is 2.09. The molecule has 2 rings (SSSR count). The standard InChI is InChI=1S/C16H23N3O2/c1-2-4-16-18-7-8-19(16)11-14(20)12-21-15-6-3-5-13(9-15)10-17/h3,5-9,14,20H,2,4,10-12,17H2,1H3. The van der Waals surface area contributed by atoms with Crippen molar-refractivity contribution in [2.45, 2.75) is 39.0 Å². The van der Waals surface area contributed by atoms with Gasteiger partial charge >= 0.3 is 0 Å². The van der Waals surface area contributed by atoms with Crippen LogP contribution in [0.25, 0.3) is 0 Å². The van der Waals surface area contributed by atoms with Crippen molar-refractivity contribution in [3.05, 3.63) is 48.0 Å². The molecule has 3 N–H and O–H groups in total. The van der Waals surface area contributed by atoms with E-state index in [0.29, 0.717) is 13.1 Å². The molecule has 5 heteroatoms. The van der Waals surface area contributed by atoms with Crippen LogP contribution in [0.1, 0.15) is 24.7 Å². The molecule has 1 aromatic carbocycles. The fraction of sp³-hybridized carbons (Fsp3) is 0.438. The summed E-state index contributed by atoms with van der Waals surface area (Å²) in [5, 5.41) is 10.1. The molecular formula is C16H23N3O2. The Morgan fingerprint density at radius 3 is 3.05 bits per heavy atom. The SMILES string of the molecule is CCCc1nccn1CC(O)COc1cccc(CN)c1. The van der Waals surface area contributed by atoms with E-state index in [2.05, 4.69) is 11.9 Å². The van der Waals surface area contributed by atoms with Gasteiger partial charge in [-0.3, -0.25) is 0 Å². The predicted octanol–water partition coefficient (Wildman–Crippen LogP) is 1.73. The molecule has 1 unspecified atom stereocenters. The zero-order valence-corrected chi connectivity index (χ0v) is 12.4. The van der Waals surface area contributed by atoms with Gasteiger partial charge in [-0.1, -0.05) is 19.1 Å². The lowest BCUT2D eigenvalue weighted by Gasteiger charge is -2.15. The fourth-order valence-electron chi connectivity index (χ4n) is 2.19. The molecule has 0 saturated carbocycles. The van der Waals surface area contributed by atoms with Gasteiger partial charge < -0.3 is 20.1 Å². The Morgan fingerprint density at radius 2 is 2.29 bits per heavy atom. The predicted molar refractivity (Wildman–Crippen MR) is 82.1 cm³/mol. The van der Waals surface area contributed by atoms with Crippen LogP contribution < -0.4 is 10.5 Å². The smallest absolute Gasteiger partial charge is 0.119 e. The van der Waals surface area contributed by atoms with Gasteiger partial charge in [0.05, 0.1) is 6.54 Å². The number of nitrogens with two attached hydrogens (primary N) is 1. The molecule has 0 fully saturated rings. The summed E-state index contributed by atoms with van der Waals surface area (Å²) in [4.78, 5) is 4.30. The van der Waals surface area contributed by atoms with E-state index in [9.17, 15) is 5.11 Å². The first-order chi connectivity index (χ1) is 10.2. The molecule has 21 heavy (non-hydrogen) atoms.